The molecule has 0 spiro atoms. The van der Waals surface area contributed by atoms with Crippen LogP contribution in [0.2, 0.25) is 0 Å². The molecule has 1 unspecified atom stereocenters. The Morgan fingerprint density at radius 3 is 2.95 bits per heavy atom. The second-order valence-electron chi connectivity index (χ2n) is 4.59. The van der Waals surface area contributed by atoms with E-state index in [4.69, 9.17) is 10.5 Å². The average Bonchev–Trinajstić information content (AvgIpc) is 2.94. The maximum atomic E-state index is 12.1. The number of nitrogens with one attached hydrogen (secondary N) is 1. The first kappa shape index (κ1) is 14.3. The molecule has 2 rings (SSSR count). The molecule has 1 fully saturated rings. The summed E-state index contributed by atoms with van der Waals surface area (Å²) in [7, 11) is -3.78. The number of rotatable bonds is 5. The van der Waals surface area contributed by atoms with Crippen LogP contribution in [0.3, 0.4) is 0 Å². The van der Waals surface area contributed by atoms with Gasteiger partial charge in [0.25, 0.3) is 0 Å². The maximum Gasteiger partial charge on any atom is 0.245 e. The fourth-order valence-electron chi connectivity index (χ4n) is 1.83. The first-order valence-corrected chi connectivity index (χ1v) is 7.47. The Hall–Kier alpha value is -1.16. The predicted molar refractivity (Wildman–Crippen MR) is 67.9 cm³/mol. The summed E-state index contributed by atoms with van der Waals surface area (Å²) in [5, 5.41) is 13.9. The molecule has 19 heavy (non-hydrogen) atoms. The van der Waals surface area contributed by atoms with E-state index in [0.717, 1.165) is 0 Å². The SMILES string of the molecule is CCn1cc(S(=O)(=O)NCC2(O)CCOC2)c(N)n1. The van der Waals surface area contributed by atoms with E-state index < -0.39 is 15.6 Å². The summed E-state index contributed by atoms with van der Waals surface area (Å²) in [4.78, 5) is -0.0723. The first-order valence-electron chi connectivity index (χ1n) is 5.99. The number of anilines is 1. The Balaban J connectivity index is 2.11. The van der Waals surface area contributed by atoms with Crippen LogP contribution in [-0.2, 0) is 21.3 Å². The van der Waals surface area contributed by atoms with Crippen molar-refractivity contribution in [1.82, 2.24) is 14.5 Å². The summed E-state index contributed by atoms with van der Waals surface area (Å²) in [5.74, 6) is -0.0518. The third-order valence-electron chi connectivity index (χ3n) is 3.04. The Morgan fingerprint density at radius 1 is 1.68 bits per heavy atom. The minimum atomic E-state index is -3.78. The van der Waals surface area contributed by atoms with E-state index in [9.17, 15) is 13.5 Å². The number of aliphatic hydroxyl groups is 1. The predicted octanol–water partition coefficient (Wildman–Crippen LogP) is -1.09. The lowest BCUT2D eigenvalue weighted by atomic mass is 10.1. The van der Waals surface area contributed by atoms with Crippen LogP contribution in [-0.4, -0.2) is 48.7 Å². The molecular formula is C10H18N4O4S. The van der Waals surface area contributed by atoms with Gasteiger partial charge in [-0.05, 0) is 6.92 Å². The highest BCUT2D eigenvalue weighted by Gasteiger charge is 2.34. The van der Waals surface area contributed by atoms with E-state index in [2.05, 4.69) is 9.82 Å². The van der Waals surface area contributed by atoms with Gasteiger partial charge >= 0.3 is 0 Å². The molecular weight excluding hydrogens is 272 g/mol. The maximum absolute atomic E-state index is 12.1. The Bertz CT molecular complexity index is 548. The molecule has 0 bridgehead atoms. The number of nitrogen functional groups attached to an aromatic ring is 1. The van der Waals surface area contributed by atoms with Gasteiger partial charge in [0.2, 0.25) is 10.0 Å². The molecule has 1 aromatic heterocycles. The van der Waals surface area contributed by atoms with Crippen LogP contribution in [0.25, 0.3) is 0 Å². The van der Waals surface area contributed by atoms with E-state index in [1.54, 1.807) is 0 Å². The van der Waals surface area contributed by atoms with Gasteiger partial charge in [-0.1, -0.05) is 0 Å². The highest BCUT2D eigenvalue weighted by molar-refractivity contribution is 7.89. The third kappa shape index (κ3) is 3.06. The van der Waals surface area contributed by atoms with Gasteiger partial charge in [0.05, 0.1) is 6.61 Å². The largest absolute Gasteiger partial charge is 0.386 e. The number of hydrogen-bond donors (Lipinski definition) is 3. The fraction of sp³-hybridized carbons (Fsp3) is 0.700. The zero-order valence-corrected chi connectivity index (χ0v) is 11.5. The van der Waals surface area contributed by atoms with Gasteiger partial charge in [-0.3, -0.25) is 4.68 Å². The van der Waals surface area contributed by atoms with Gasteiger partial charge < -0.3 is 15.6 Å². The number of hydrogen-bond acceptors (Lipinski definition) is 6. The quantitative estimate of drug-likeness (QED) is 0.634. The standard InChI is InChI=1S/C10H18N4O4S/c1-2-14-5-8(9(11)13-14)19(16,17)12-6-10(15)3-4-18-7-10/h5,12,15H,2-4,6-7H2,1H3,(H2,11,13). The zero-order chi connectivity index (χ0) is 14.1. The normalized spacial score (nSPS) is 23.9. The van der Waals surface area contributed by atoms with E-state index in [1.807, 2.05) is 6.92 Å². The van der Waals surface area contributed by atoms with Gasteiger partial charge in [0.15, 0.2) is 5.82 Å². The summed E-state index contributed by atoms with van der Waals surface area (Å²) in [6, 6.07) is 0. The number of aromatic nitrogens is 2. The number of nitrogens with zero attached hydrogens (tertiary/aromatic N) is 2. The summed E-state index contributed by atoms with van der Waals surface area (Å²) in [6.07, 6.45) is 1.77. The minimum absolute atomic E-state index is 0.0518. The summed E-state index contributed by atoms with van der Waals surface area (Å²) in [6.45, 7) is 2.80. The molecule has 9 heteroatoms. The third-order valence-corrected chi connectivity index (χ3v) is 4.46. The van der Waals surface area contributed by atoms with Crippen LogP contribution in [0.4, 0.5) is 5.82 Å². The van der Waals surface area contributed by atoms with Crippen molar-refractivity contribution in [3.05, 3.63) is 6.20 Å². The smallest absolute Gasteiger partial charge is 0.245 e. The van der Waals surface area contributed by atoms with Crippen LogP contribution in [0.1, 0.15) is 13.3 Å². The molecule has 4 N–H and O–H groups in total. The number of ether oxygens (including phenoxy) is 1. The van der Waals surface area contributed by atoms with Crippen molar-refractivity contribution in [3.8, 4) is 0 Å². The molecule has 1 aliphatic rings. The van der Waals surface area contributed by atoms with Crippen molar-refractivity contribution in [2.24, 2.45) is 0 Å². The lowest BCUT2D eigenvalue weighted by molar-refractivity contribution is 0.0314. The summed E-state index contributed by atoms with van der Waals surface area (Å²) in [5.41, 5.74) is 4.43. The van der Waals surface area contributed by atoms with Crippen molar-refractivity contribution in [3.63, 3.8) is 0 Å². The first-order chi connectivity index (χ1) is 8.86. The molecule has 8 nitrogen and oxygen atoms in total. The van der Waals surface area contributed by atoms with E-state index in [-0.39, 0.29) is 23.9 Å². The van der Waals surface area contributed by atoms with Crippen molar-refractivity contribution in [2.75, 3.05) is 25.5 Å². The zero-order valence-electron chi connectivity index (χ0n) is 10.7. The molecule has 0 aromatic carbocycles. The van der Waals surface area contributed by atoms with Crippen LogP contribution in [0.15, 0.2) is 11.1 Å². The molecule has 2 heterocycles. The summed E-state index contributed by atoms with van der Waals surface area (Å²) >= 11 is 0. The second-order valence-corrected chi connectivity index (χ2v) is 6.32. The molecule has 108 valence electrons. The fourth-order valence-corrected chi connectivity index (χ4v) is 3.02. The van der Waals surface area contributed by atoms with Gasteiger partial charge in [0, 0.05) is 32.3 Å². The van der Waals surface area contributed by atoms with Crippen LogP contribution < -0.4 is 10.5 Å². The molecule has 0 aliphatic carbocycles. The summed E-state index contributed by atoms with van der Waals surface area (Å²) < 4.78 is 33.0. The number of aryl methyl sites for hydroxylation is 1. The van der Waals surface area contributed by atoms with Gasteiger partial charge in [0.1, 0.15) is 10.5 Å². The van der Waals surface area contributed by atoms with Crippen LogP contribution in [0, 0.1) is 0 Å². The van der Waals surface area contributed by atoms with Crippen molar-refractivity contribution < 1.29 is 18.3 Å². The van der Waals surface area contributed by atoms with Gasteiger partial charge in [-0.2, -0.15) is 5.10 Å². The average molecular weight is 290 g/mol. The molecule has 1 atom stereocenters. The lowest BCUT2D eigenvalue weighted by Gasteiger charge is -2.20. The topological polar surface area (TPSA) is 119 Å². The van der Waals surface area contributed by atoms with Crippen LogP contribution >= 0.6 is 0 Å². The van der Waals surface area contributed by atoms with E-state index in [1.165, 1.54) is 10.9 Å². The number of nitrogens with two attached hydrogens (primary N) is 1. The Morgan fingerprint density at radius 2 is 2.42 bits per heavy atom. The number of sulfonamides is 1. The van der Waals surface area contributed by atoms with Gasteiger partial charge in [-0.25, -0.2) is 13.1 Å². The highest BCUT2D eigenvalue weighted by Crippen LogP contribution is 2.20. The van der Waals surface area contributed by atoms with Crippen molar-refractivity contribution in [1.29, 1.82) is 0 Å². The molecule has 0 radical (unpaired) electrons. The molecule has 0 amide bonds. The van der Waals surface area contributed by atoms with E-state index >= 15 is 0 Å². The molecule has 1 aromatic rings. The van der Waals surface area contributed by atoms with Crippen molar-refractivity contribution >= 4 is 15.8 Å². The van der Waals surface area contributed by atoms with Crippen LogP contribution in [0.5, 0.6) is 0 Å². The highest BCUT2D eigenvalue weighted by atomic mass is 32.2. The monoisotopic (exact) mass is 290 g/mol. The second kappa shape index (κ2) is 5.08. The lowest BCUT2D eigenvalue weighted by Crippen LogP contribution is -2.43. The van der Waals surface area contributed by atoms with E-state index in [0.29, 0.717) is 19.6 Å². The Kier molecular flexibility index (Phi) is 3.81. The Labute approximate surface area is 111 Å². The minimum Gasteiger partial charge on any atom is -0.386 e. The molecule has 1 saturated heterocycles. The van der Waals surface area contributed by atoms with Crippen molar-refractivity contribution in [2.45, 2.75) is 30.4 Å². The molecule has 0 saturated carbocycles. The molecule has 1 aliphatic heterocycles. The van der Waals surface area contributed by atoms with Gasteiger partial charge in [-0.15, -0.1) is 0 Å².